The molecule has 1 aliphatic rings. The Morgan fingerprint density at radius 3 is 2.44 bits per heavy atom. The SMILES string of the molecule is CN1C(=O)[C@H](CCCCN)NC(=O)[C@H](CCCN)NCc2ccccc2Sc2c(Cl)cc(Br)cc2CNC(=O)[C@@H]1Cc1c[nH]c2ccccc12. The van der Waals surface area contributed by atoms with Gasteiger partial charge in [0.05, 0.1) is 11.1 Å². The molecular weight excluding hydrogens is 738 g/mol. The summed E-state index contributed by atoms with van der Waals surface area (Å²) in [5.41, 5.74) is 15.3. The van der Waals surface area contributed by atoms with Gasteiger partial charge in [-0.3, -0.25) is 14.4 Å². The second-order valence-electron chi connectivity index (χ2n) is 12.5. The Bertz CT molecular complexity index is 1800. The van der Waals surface area contributed by atoms with Gasteiger partial charge >= 0.3 is 0 Å². The van der Waals surface area contributed by atoms with Crippen molar-refractivity contribution in [1.29, 1.82) is 0 Å². The highest BCUT2D eigenvalue weighted by Crippen LogP contribution is 2.39. The van der Waals surface area contributed by atoms with Crippen LogP contribution >= 0.6 is 39.3 Å². The van der Waals surface area contributed by atoms with Crippen molar-refractivity contribution in [3.63, 3.8) is 0 Å². The molecule has 50 heavy (non-hydrogen) atoms. The zero-order valence-corrected chi connectivity index (χ0v) is 31.3. The molecule has 0 saturated heterocycles. The third-order valence-electron chi connectivity index (χ3n) is 9.04. The normalized spacial score (nSPS) is 19.4. The summed E-state index contributed by atoms with van der Waals surface area (Å²) in [6.45, 7) is 1.49. The smallest absolute Gasteiger partial charge is 0.245 e. The molecule has 2 heterocycles. The lowest BCUT2D eigenvalue weighted by Crippen LogP contribution is -2.57. The van der Waals surface area contributed by atoms with E-state index in [1.807, 2.05) is 66.9 Å². The summed E-state index contributed by atoms with van der Waals surface area (Å²) in [7, 11) is 1.63. The molecule has 5 rings (SSSR count). The van der Waals surface area contributed by atoms with Crippen LogP contribution in [0.1, 0.15) is 48.8 Å². The Morgan fingerprint density at radius 1 is 0.900 bits per heavy atom. The number of nitrogens with one attached hydrogen (secondary N) is 4. The van der Waals surface area contributed by atoms with Gasteiger partial charge < -0.3 is 37.3 Å². The molecule has 0 saturated carbocycles. The summed E-state index contributed by atoms with van der Waals surface area (Å²) in [4.78, 5) is 49.1. The van der Waals surface area contributed by atoms with Crippen molar-refractivity contribution in [2.75, 3.05) is 20.1 Å². The number of halogens is 2. The van der Waals surface area contributed by atoms with Crippen molar-refractivity contribution < 1.29 is 14.4 Å². The maximum atomic E-state index is 14.4. The van der Waals surface area contributed by atoms with Crippen molar-refractivity contribution in [3.05, 3.63) is 93.0 Å². The summed E-state index contributed by atoms with van der Waals surface area (Å²) in [6, 6.07) is 17.3. The van der Waals surface area contributed by atoms with E-state index in [1.54, 1.807) is 7.05 Å². The fraction of sp³-hybridized carbons (Fsp3) is 0.378. The van der Waals surface area contributed by atoms with Crippen LogP contribution in [0.3, 0.4) is 0 Å². The number of nitrogens with two attached hydrogens (primary N) is 2. The molecular formula is C37H45BrClN7O3S. The van der Waals surface area contributed by atoms with Gasteiger partial charge in [0.15, 0.2) is 0 Å². The molecule has 0 unspecified atom stereocenters. The van der Waals surface area contributed by atoms with Gasteiger partial charge in [0.25, 0.3) is 0 Å². The molecule has 0 aliphatic carbocycles. The molecule has 13 heteroatoms. The fourth-order valence-corrected chi connectivity index (χ4v) is 8.28. The van der Waals surface area contributed by atoms with Gasteiger partial charge in [-0.1, -0.05) is 75.7 Å². The van der Waals surface area contributed by atoms with Crippen molar-refractivity contribution in [3.8, 4) is 0 Å². The molecule has 1 aromatic heterocycles. The largest absolute Gasteiger partial charge is 0.361 e. The first-order valence-electron chi connectivity index (χ1n) is 17.0. The number of unbranched alkanes of at least 4 members (excludes halogenated alkanes) is 1. The molecule has 4 aromatic rings. The van der Waals surface area contributed by atoms with Gasteiger partial charge in [-0.15, -0.1) is 0 Å². The molecule has 266 valence electrons. The molecule has 0 radical (unpaired) electrons. The second kappa shape index (κ2) is 18.2. The lowest BCUT2D eigenvalue weighted by Gasteiger charge is -2.32. The maximum Gasteiger partial charge on any atom is 0.245 e. The first-order chi connectivity index (χ1) is 24.2. The number of carbonyl (C=O) groups excluding carboxylic acids is 3. The quantitative estimate of drug-likeness (QED) is 0.127. The molecule has 3 atom stereocenters. The van der Waals surface area contributed by atoms with Crippen molar-refractivity contribution in [2.45, 2.75) is 79.5 Å². The highest BCUT2D eigenvalue weighted by Gasteiger charge is 2.34. The summed E-state index contributed by atoms with van der Waals surface area (Å²) in [5, 5.41) is 11.1. The summed E-state index contributed by atoms with van der Waals surface area (Å²) >= 11 is 11.9. The molecule has 0 bridgehead atoms. The number of aromatic nitrogens is 1. The molecule has 8 N–H and O–H groups in total. The lowest BCUT2D eigenvalue weighted by atomic mass is 10.0. The van der Waals surface area contributed by atoms with Crippen molar-refractivity contribution in [1.82, 2.24) is 25.8 Å². The van der Waals surface area contributed by atoms with Crippen LogP contribution in [0.5, 0.6) is 0 Å². The first-order valence-corrected chi connectivity index (χ1v) is 19.0. The third kappa shape index (κ3) is 9.48. The number of fused-ring (bicyclic) bond motifs is 3. The van der Waals surface area contributed by atoms with Crippen LogP contribution in [0.15, 0.2) is 81.1 Å². The Morgan fingerprint density at radius 2 is 1.64 bits per heavy atom. The van der Waals surface area contributed by atoms with Gasteiger partial charge in [0.2, 0.25) is 17.7 Å². The number of para-hydroxylation sites is 1. The summed E-state index contributed by atoms with van der Waals surface area (Å²) < 4.78 is 0.784. The van der Waals surface area contributed by atoms with Crippen LogP contribution < -0.4 is 27.4 Å². The first kappa shape index (κ1) is 37.9. The third-order valence-corrected chi connectivity index (χ3v) is 11.2. The minimum absolute atomic E-state index is 0.186. The van der Waals surface area contributed by atoms with Crippen LogP contribution in [0, 0.1) is 0 Å². The zero-order chi connectivity index (χ0) is 35.6. The van der Waals surface area contributed by atoms with E-state index >= 15 is 0 Å². The Kier molecular flexibility index (Phi) is 13.8. The van der Waals surface area contributed by atoms with Gasteiger partial charge in [-0.05, 0) is 86.1 Å². The van der Waals surface area contributed by atoms with E-state index in [0.717, 1.165) is 41.9 Å². The number of hydrogen-bond donors (Lipinski definition) is 6. The number of hydrogen-bond acceptors (Lipinski definition) is 7. The fourth-order valence-electron chi connectivity index (χ4n) is 6.24. The van der Waals surface area contributed by atoms with E-state index in [0.29, 0.717) is 56.8 Å². The van der Waals surface area contributed by atoms with Crippen molar-refractivity contribution >= 4 is 67.9 Å². The van der Waals surface area contributed by atoms with Crippen LogP contribution in [0.25, 0.3) is 10.9 Å². The molecule has 1 aliphatic heterocycles. The van der Waals surface area contributed by atoms with Gasteiger partial charge in [-0.25, -0.2) is 0 Å². The molecule has 0 fully saturated rings. The van der Waals surface area contributed by atoms with Gasteiger partial charge in [0, 0.05) is 57.9 Å². The standard InChI is InChI=1S/C37H45BrClN7O3S/c1-46-32(18-24-21-42-29-11-4-3-10-27(24)29)36(48)44-22-25-17-26(38)19-28(39)34(25)50-33-14-5-2-9-23(33)20-43-30(13-8-16-41)35(47)45-31(37(46)49)12-6-7-15-40/h2-5,9-11,14,17,19,21,30-32,42-43H,6-8,12-13,15-16,18,20,22,40-41H2,1H3,(H,44,48)(H,45,47)/t30-,31-,32-/m0/s1. The Hall–Kier alpha value is -3.39. The number of benzene rings is 3. The zero-order valence-electron chi connectivity index (χ0n) is 28.1. The van der Waals surface area contributed by atoms with E-state index in [4.69, 9.17) is 23.1 Å². The number of aromatic amines is 1. The van der Waals surface area contributed by atoms with Crippen LogP contribution in [-0.4, -0.2) is 65.9 Å². The van der Waals surface area contributed by atoms with E-state index in [-0.39, 0.29) is 30.7 Å². The Labute approximate surface area is 311 Å². The predicted octanol–water partition coefficient (Wildman–Crippen LogP) is 5.25. The van der Waals surface area contributed by atoms with E-state index in [2.05, 4.69) is 36.9 Å². The predicted molar refractivity (Wildman–Crippen MR) is 204 cm³/mol. The van der Waals surface area contributed by atoms with Gasteiger partial charge in [0.1, 0.15) is 12.1 Å². The van der Waals surface area contributed by atoms with E-state index in [9.17, 15) is 14.4 Å². The molecule has 3 amide bonds. The van der Waals surface area contributed by atoms with Crippen molar-refractivity contribution in [2.24, 2.45) is 11.5 Å². The van der Waals surface area contributed by atoms with E-state index < -0.39 is 18.1 Å². The number of nitrogens with zero attached hydrogens (tertiary/aromatic N) is 1. The van der Waals surface area contributed by atoms with Crippen LogP contribution in [0.4, 0.5) is 0 Å². The topological polar surface area (TPSA) is 158 Å². The van der Waals surface area contributed by atoms with Gasteiger partial charge in [-0.2, -0.15) is 0 Å². The summed E-state index contributed by atoms with van der Waals surface area (Å²) in [5.74, 6) is -0.954. The number of carbonyl (C=O) groups is 3. The number of H-pyrrole nitrogens is 1. The molecule has 0 spiro atoms. The highest BCUT2D eigenvalue weighted by atomic mass is 79.9. The average Bonchev–Trinajstić information content (AvgIpc) is 3.52. The van der Waals surface area contributed by atoms with Crippen LogP contribution in [-0.2, 0) is 33.9 Å². The molecule has 10 nitrogen and oxygen atoms in total. The highest BCUT2D eigenvalue weighted by molar-refractivity contribution is 9.10. The Balaban J connectivity index is 1.57. The number of amides is 3. The lowest BCUT2D eigenvalue weighted by molar-refractivity contribution is -0.142. The molecule has 3 aromatic carbocycles. The minimum atomic E-state index is -0.878. The maximum absolute atomic E-state index is 14.4. The second-order valence-corrected chi connectivity index (χ2v) is 14.9. The van der Waals surface area contributed by atoms with Crippen LogP contribution in [0.2, 0.25) is 5.02 Å². The summed E-state index contributed by atoms with van der Waals surface area (Å²) in [6.07, 6.45) is 4.98. The average molecular weight is 783 g/mol. The monoisotopic (exact) mass is 781 g/mol. The minimum Gasteiger partial charge on any atom is -0.361 e. The number of likely N-dealkylation sites (N-methyl/N-ethyl adjacent to an activating group) is 1. The van der Waals surface area contributed by atoms with E-state index in [1.165, 1.54) is 16.7 Å². The number of rotatable bonds is 9.